The molecule has 0 spiro atoms. The highest BCUT2D eigenvalue weighted by molar-refractivity contribution is 7.09. The third kappa shape index (κ3) is 9.74. The maximum Gasteiger partial charge on any atom is 0.246 e. The first kappa shape index (κ1) is 35.3. The first-order valence-electron chi connectivity index (χ1n) is 16.3. The van der Waals surface area contributed by atoms with E-state index < -0.39 is 17.6 Å². The molecule has 9 heteroatoms. The van der Waals surface area contributed by atoms with E-state index in [-0.39, 0.29) is 17.7 Å². The van der Waals surface area contributed by atoms with Gasteiger partial charge in [0.05, 0.1) is 0 Å². The molecule has 1 aliphatic rings. The number of hydrogen-bond acceptors (Lipinski definition) is 6. The summed E-state index contributed by atoms with van der Waals surface area (Å²) in [6, 6.07) is 17.1. The normalized spacial score (nSPS) is 17.1. The van der Waals surface area contributed by atoms with Crippen molar-refractivity contribution in [2.75, 3.05) is 34.2 Å². The van der Waals surface area contributed by atoms with E-state index in [0.717, 1.165) is 46.2 Å². The maximum absolute atomic E-state index is 14.5. The molecule has 4 rings (SSSR count). The van der Waals surface area contributed by atoms with Gasteiger partial charge in [-0.05, 0) is 87.8 Å². The van der Waals surface area contributed by atoms with Crippen molar-refractivity contribution >= 4 is 39.8 Å². The molecule has 0 bridgehead atoms. The molecular weight excluding hydrogens is 595 g/mol. The van der Waals surface area contributed by atoms with E-state index in [4.69, 9.17) is 5.73 Å². The highest BCUT2D eigenvalue weighted by Crippen LogP contribution is 2.22. The van der Waals surface area contributed by atoms with Gasteiger partial charge in [0.15, 0.2) is 0 Å². The van der Waals surface area contributed by atoms with Crippen molar-refractivity contribution < 1.29 is 14.4 Å². The molecule has 3 amide bonds. The van der Waals surface area contributed by atoms with Gasteiger partial charge >= 0.3 is 0 Å². The van der Waals surface area contributed by atoms with Crippen LogP contribution in [-0.2, 0) is 27.2 Å². The molecule has 0 saturated carbocycles. The Kier molecular flexibility index (Phi) is 12.2. The Hall–Kier alpha value is -3.53. The van der Waals surface area contributed by atoms with Crippen molar-refractivity contribution in [2.45, 2.75) is 83.0 Å². The predicted octanol–water partition coefficient (Wildman–Crippen LogP) is 5.01. The number of nitrogens with one attached hydrogen (secondary N) is 1. The fourth-order valence-electron chi connectivity index (χ4n) is 6.45. The second-order valence-electron chi connectivity index (χ2n) is 13.6. The van der Waals surface area contributed by atoms with Crippen LogP contribution in [0.15, 0.2) is 71.6 Å². The van der Waals surface area contributed by atoms with E-state index in [1.165, 1.54) is 11.3 Å². The number of thiophene rings is 1. The number of likely N-dealkylation sites (N-methyl/N-ethyl adjacent to an activating group) is 2. The standard InChI is InChI=1S/C37H51N5O3S/c1-26(25-37(2,3)38)21-34(43)41(5)33(23-27-15-16-28-11-7-8-12-29(28)22-27)36(45)42(6)32(24-31-14-10-20-46-31)35(44)39-18-17-30-13-9-19-40(30)4/h7-8,10-12,14-16,20-22,30,32-33H,9,13,17-19,23-25,38H2,1-6H3,(H,39,44)/t30?,32-,33-/m1/s1. The van der Waals surface area contributed by atoms with Crippen molar-refractivity contribution in [3.63, 3.8) is 0 Å². The van der Waals surface area contributed by atoms with E-state index in [2.05, 4.69) is 29.4 Å². The van der Waals surface area contributed by atoms with Gasteiger partial charge in [-0.2, -0.15) is 0 Å². The van der Waals surface area contributed by atoms with Crippen molar-refractivity contribution in [1.29, 1.82) is 0 Å². The van der Waals surface area contributed by atoms with Gasteiger partial charge in [0.1, 0.15) is 12.1 Å². The second-order valence-corrected chi connectivity index (χ2v) is 14.6. The average molecular weight is 646 g/mol. The summed E-state index contributed by atoms with van der Waals surface area (Å²) in [5.74, 6) is -0.722. The lowest BCUT2D eigenvalue weighted by Crippen LogP contribution is -2.56. The number of fused-ring (bicyclic) bond motifs is 1. The quantitative estimate of drug-likeness (QED) is 0.240. The average Bonchev–Trinajstić information content (AvgIpc) is 3.68. The molecular formula is C37H51N5O3S. The molecule has 8 nitrogen and oxygen atoms in total. The number of carbonyl (C=O) groups excluding carboxylic acids is 3. The maximum atomic E-state index is 14.5. The molecule has 1 fully saturated rings. The number of amides is 3. The van der Waals surface area contributed by atoms with Gasteiger partial charge in [0.25, 0.3) is 0 Å². The molecule has 1 aliphatic heterocycles. The molecule has 46 heavy (non-hydrogen) atoms. The van der Waals surface area contributed by atoms with Crippen LogP contribution in [0.5, 0.6) is 0 Å². The highest BCUT2D eigenvalue weighted by atomic mass is 32.1. The Morgan fingerprint density at radius 3 is 2.43 bits per heavy atom. The Bertz CT molecular complexity index is 1510. The number of benzene rings is 2. The van der Waals surface area contributed by atoms with Gasteiger partial charge < -0.3 is 25.8 Å². The fourth-order valence-corrected chi connectivity index (χ4v) is 7.20. The van der Waals surface area contributed by atoms with E-state index in [9.17, 15) is 14.4 Å². The van der Waals surface area contributed by atoms with Crippen LogP contribution < -0.4 is 11.1 Å². The van der Waals surface area contributed by atoms with Crippen LogP contribution in [0.4, 0.5) is 0 Å². The summed E-state index contributed by atoms with van der Waals surface area (Å²) in [4.78, 5) is 48.3. The highest BCUT2D eigenvalue weighted by Gasteiger charge is 2.35. The SMILES string of the molecule is CC(=CC(=O)N(C)[C@H](Cc1ccc2ccccc2c1)C(=O)N(C)[C@H](Cc1cccs1)C(=O)NCCC1CCCN1C)CC(C)(C)N. The third-order valence-corrected chi connectivity index (χ3v) is 9.89. The first-order valence-corrected chi connectivity index (χ1v) is 17.2. The van der Waals surface area contributed by atoms with Gasteiger partial charge in [0.2, 0.25) is 17.7 Å². The fraction of sp³-hybridized carbons (Fsp3) is 0.486. The van der Waals surface area contributed by atoms with Crippen LogP contribution in [-0.4, -0.2) is 90.3 Å². The number of likely N-dealkylation sites (tertiary alicyclic amines) is 1. The van der Waals surface area contributed by atoms with Crippen molar-refractivity contribution in [3.8, 4) is 0 Å². The number of nitrogens with zero attached hydrogens (tertiary/aromatic N) is 3. The third-order valence-electron chi connectivity index (χ3n) is 8.99. The molecule has 1 saturated heterocycles. The van der Waals surface area contributed by atoms with Crippen LogP contribution in [0.3, 0.4) is 0 Å². The van der Waals surface area contributed by atoms with E-state index in [1.54, 1.807) is 36.4 Å². The van der Waals surface area contributed by atoms with Crippen LogP contribution in [0.1, 0.15) is 56.9 Å². The Balaban J connectivity index is 1.60. The summed E-state index contributed by atoms with van der Waals surface area (Å²) < 4.78 is 0. The Labute approximate surface area is 278 Å². The van der Waals surface area contributed by atoms with Crippen molar-refractivity contribution in [3.05, 3.63) is 82.1 Å². The van der Waals surface area contributed by atoms with Gasteiger partial charge in [-0.15, -0.1) is 11.3 Å². The summed E-state index contributed by atoms with van der Waals surface area (Å²) in [5, 5.41) is 7.28. The lowest BCUT2D eigenvalue weighted by atomic mass is 9.96. The molecule has 0 radical (unpaired) electrons. The van der Waals surface area contributed by atoms with Gasteiger partial charge in [0, 0.05) is 56.0 Å². The number of nitrogens with two attached hydrogens (primary N) is 1. The molecule has 3 N–H and O–H groups in total. The van der Waals surface area contributed by atoms with Crippen LogP contribution in [0.25, 0.3) is 10.8 Å². The summed E-state index contributed by atoms with van der Waals surface area (Å²) in [6.07, 6.45) is 6.03. The summed E-state index contributed by atoms with van der Waals surface area (Å²) >= 11 is 1.57. The lowest BCUT2D eigenvalue weighted by molar-refractivity contribution is -0.146. The molecule has 2 aromatic carbocycles. The summed E-state index contributed by atoms with van der Waals surface area (Å²) in [7, 11) is 5.49. The smallest absolute Gasteiger partial charge is 0.246 e. The molecule has 3 aromatic rings. The zero-order chi connectivity index (χ0) is 33.4. The lowest BCUT2D eigenvalue weighted by Gasteiger charge is -2.34. The predicted molar refractivity (Wildman–Crippen MR) is 189 cm³/mol. The molecule has 2 heterocycles. The molecule has 1 unspecified atom stereocenters. The largest absolute Gasteiger partial charge is 0.354 e. The summed E-state index contributed by atoms with van der Waals surface area (Å²) in [6.45, 7) is 7.36. The number of hydrogen-bond donors (Lipinski definition) is 2. The first-order chi connectivity index (χ1) is 21.8. The zero-order valence-electron chi connectivity index (χ0n) is 28.3. The van der Waals surface area contributed by atoms with Crippen molar-refractivity contribution in [2.24, 2.45) is 5.73 Å². The van der Waals surface area contributed by atoms with Crippen LogP contribution in [0, 0.1) is 0 Å². The minimum absolute atomic E-state index is 0.177. The minimum Gasteiger partial charge on any atom is -0.354 e. The Morgan fingerprint density at radius 2 is 1.78 bits per heavy atom. The van der Waals surface area contributed by atoms with E-state index >= 15 is 0 Å². The zero-order valence-corrected chi connectivity index (χ0v) is 29.1. The monoisotopic (exact) mass is 645 g/mol. The van der Waals surface area contributed by atoms with Gasteiger partial charge in [-0.25, -0.2) is 0 Å². The molecule has 0 aliphatic carbocycles. The number of carbonyl (C=O) groups is 3. The summed E-state index contributed by atoms with van der Waals surface area (Å²) in [5.41, 5.74) is 7.53. The number of rotatable bonds is 14. The molecule has 1 aromatic heterocycles. The second kappa shape index (κ2) is 15.8. The Morgan fingerprint density at radius 1 is 1.04 bits per heavy atom. The van der Waals surface area contributed by atoms with Crippen LogP contribution in [0.2, 0.25) is 0 Å². The molecule has 248 valence electrons. The topological polar surface area (TPSA) is 99.0 Å². The van der Waals surface area contributed by atoms with Crippen LogP contribution >= 0.6 is 11.3 Å². The van der Waals surface area contributed by atoms with Gasteiger partial charge in [-0.3, -0.25) is 14.4 Å². The van der Waals surface area contributed by atoms with Crippen molar-refractivity contribution in [1.82, 2.24) is 20.0 Å². The van der Waals surface area contributed by atoms with E-state index in [0.29, 0.717) is 31.8 Å². The van der Waals surface area contributed by atoms with E-state index in [1.807, 2.05) is 68.6 Å². The van der Waals surface area contributed by atoms with Gasteiger partial charge in [-0.1, -0.05) is 54.1 Å². The minimum atomic E-state index is -0.820. The molecule has 3 atom stereocenters.